The second-order valence-corrected chi connectivity index (χ2v) is 10.6. The number of ether oxygens (including phenoxy) is 2. The Kier molecular flexibility index (Phi) is 8.90. The van der Waals surface area contributed by atoms with E-state index in [0.29, 0.717) is 25.6 Å². The van der Waals surface area contributed by atoms with Crippen LogP contribution in [-0.2, 0) is 9.53 Å². The molecule has 0 radical (unpaired) electrons. The summed E-state index contributed by atoms with van der Waals surface area (Å²) in [6.45, 7) is 7.27. The first-order valence-electron chi connectivity index (χ1n) is 13.5. The lowest BCUT2D eigenvalue weighted by molar-refractivity contribution is -0.136. The molecule has 1 aromatic carbocycles. The van der Waals surface area contributed by atoms with E-state index in [4.69, 9.17) is 14.7 Å². The van der Waals surface area contributed by atoms with Gasteiger partial charge < -0.3 is 19.3 Å². The minimum atomic E-state index is -0.215. The summed E-state index contributed by atoms with van der Waals surface area (Å²) >= 11 is 0. The summed E-state index contributed by atoms with van der Waals surface area (Å²) in [6, 6.07) is 10.6. The predicted molar refractivity (Wildman–Crippen MR) is 138 cm³/mol. The van der Waals surface area contributed by atoms with Gasteiger partial charge in [0, 0.05) is 38.0 Å². The predicted octanol–water partition coefficient (Wildman–Crippen LogP) is 5.27. The quantitative estimate of drug-likeness (QED) is 0.539. The van der Waals surface area contributed by atoms with Crippen LogP contribution in [-0.4, -0.2) is 60.7 Å². The van der Waals surface area contributed by atoms with Crippen molar-refractivity contribution in [1.29, 1.82) is 5.26 Å². The van der Waals surface area contributed by atoms with Gasteiger partial charge in [-0.1, -0.05) is 18.2 Å². The van der Waals surface area contributed by atoms with Crippen LogP contribution in [0.25, 0.3) is 5.57 Å². The van der Waals surface area contributed by atoms with Crippen molar-refractivity contribution in [3.05, 3.63) is 35.9 Å². The number of piperidine rings is 2. The third-order valence-corrected chi connectivity index (χ3v) is 7.67. The Morgan fingerprint density at radius 1 is 1.00 bits per heavy atom. The van der Waals surface area contributed by atoms with Crippen LogP contribution in [0.2, 0.25) is 0 Å². The van der Waals surface area contributed by atoms with E-state index >= 15 is 0 Å². The SMILES string of the molecule is CC(C)OC(=O)N1CCC(COc2ccc(C3=CCC(C(=O)N4CCC(C#N)CC4)CC3)cc2)CC1. The number of allylic oxidation sites excluding steroid dienone is 2. The average molecular weight is 494 g/mol. The molecule has 194 valence electrons. The lowest BCUT2D eigenvalue weighted by Gasteiger charge is -2.33. The lowest BCUT2D eigenvalue weighted by atomic mass is 9.85. The van der Waals surface area contributed by atoms with E-state index < -0.39 is 0 Å². The van der Waals surface area contributed by atoms with Gasteiger partial charge in [-0.2, -0.15) is 5.26 Å². The molecule has 4 rings (SSSR count). The molecule has 3 aliphatic rings. The molecular weight excluding hydrogens is 454 g/mol. The zero-order chi connectivity index (χ0) is 25.5. The first kappa shape index (κ1) is 26.1. The highest BCUT2D eigenvalue weighted by Gasteiger charge is 2.29. The second kappa shape index (κ2) is 12.3. The number of nitriles is 1. The molecule has 2 fully saturated rings. The summed E-state index contributed by atoms with van der Waals surface area (Å²) in [4.78, 5) is 28.7. The summed E-state index contributed by atoms with van der Waals surface area (Å²) < 4.78 is 11.3. The molecule has 1 unspecified atom stereocenters. The van der Waals surface area contributed by atoms with E-state index in [9.17, 15) is 9.59 Å². The topological polar surface area (TPSA) is 82.9 Å². The molecule has 2 heterocycles. The fourth-order valence-electron chi connectivity index (χ4n) is 5.35. The molecule has 0 saturated carbocycles. The van der Waals surface area contributed by atoms with Gasteiger partial charge in [-0.05, 0) is 88.0 Å². The number of amides is 2. The highest BCUT2D eigenvalue weighted by Crippen LogP contribution is 2.33. The van der Waals surface area contributed by atoms with Crippen LogP contribution in [0.15, 0.2) is 30.3 Å². The maximum atomic E-state index is 12.9. The summed E-state index contributed by atoms with van der Waals surface area (Å²) in [5.74, 6) is 1.73. The number of rotatable bonds is 6. The van der Waals surface area contributed by atoms with Gasteiger partial charge in [0.1, 0.15) is 5.75 Å². The lowest BCUT2D eigenvalue weighted by Crippen LogP contribution is -2.41. The first-order valence-corrected chi connectivity index (χ1v) is 13.5. The molecule has 0 aromatic heterocycles. The molecule has 1 atom stereocenters. The van der Waals surface area contributed by atoms with E-state index in [1.165, 1.54) is 11.1 Å². The molecule has 2 aliphatic heterocycles. The van der Waals surface area contributed by atoms with Gasteiger partial charge >= 0.3 is 6.09 Å². The van der Waals surface area contributed by atoms with Gasteiger partial charge in [0.2, 0.25) is 5.91 Å². The fourth-order valence-corrected chi connectivity index (χ4v) is 5.35. The third-order valence-electron chi connectivity index (χ3n) is 7.67. The van der Waals surface area contributed by atoms with Gasteiger partial charge in [-0.25, -0.2) is 4.79 Å². The van der Waals surface area contributed by atoms with Crippen LogP contribution in [0, 0.1) is 29.1 Å². The highest BCUT2D eigenvalue weighted by atomic mass is 16.6. The smallest absolute Gasteiger partial charge is 0.410 e. The standard InChI is InChI=1S/C29H39N3O4/c1-21(2)36-29(34)32-17-13-23(14-18-32)20-35-27-9-7-25(8-10-27)24-3-5-26(6-4-24)28(33)31-15-11-22(19-30)12-16-31/h3,7-10,21-23,26H,4-6,11-18,20H2,1-2H3. The van der Waals surface area contributed by atoms with Gasteiger partial charge in [-0.3, -0.25) is 4.79 Å². The van der Waals surface area contributed by atoms with Gasteiger partial charge in [0.15, 0.2) is 0 Å². The Morgan fingerprint density at radius 2 is 1.67 bits per heavy atom. The maximum Gasteiger partial charge on any atom is 0.410 e. The molecule has 36 heavy (non-hydrogen) atoms. The Hall–Kier alpha value is -3.01. The minimum Gasteiger partial charge on any atom is -0.493 e. The molecule has 0 N–H and O–H groups in total. The molecule has 1 aromatic rings. The van der Waals surface area contributed by atoms with Gasteiger partial charge in [-0.15, -0.1) is 0 Å². The number of carbonyl (C=O) groups excluding carboxylic acids is 2. The molecule has 7 heteroatoms. The number of benzene rings is 1. The molecular formula is C29H39N3O4. The van der Waals surface area contributed by atoms with Crippen molar-refractivity contribution in [1.82, 2.24) is 9.80 Å². The zero-order valence-electron chi connectivity index (χ0n) is 21.7. The molecule has 2 amide bonds. The van der Waals surface area contributed by atoms with Crippen molar-refractivity contribution in [3.63, 3.8) is 0 Å². The van der Waals surface area contributed by atoms with Gasteiger partial charge in [0.05, 0.1) is 18.8 Å². The zero-order valence-corrected chi connectivity index (χ0v) is 21.7. The van der Waals surface area contributed by atoms with Crippen molar-refractivity contribution in [2.24, 2.45) is 17.8 Å². The van der Waals surface area contributed by atoms with E-state index in [-0.39, 0.29) is 29.9 Å². The van der Waals surface area contributed by atoms with Crippen molar-refractivity contribution < 1.29 is 19.1 Å². The second-order valence-electron chi connectivity index (χ2n) is 10.6. The van der Waals surface area contributed by atoms with Crippen LogP contribution in [0.4, 0.5) is 4.79 Å². The molecule has 0 bridgehead atoms. The normalized spacial score (nSPS) is 21.6. The van der Waals surface area contributed by atoms with E-state index in [2.05, 4.69) is 24.3 Å². The average Bonchev–Trinajstić information content (AvgIpc) is 2.92. The fraction of sp³-hybridized carbons (Fsp3) is 0.621. The third kappa shape index (κ3) is 6.81. The molecule has 2 saturated heterocycles. The van der Waals surface area contributed by atoms with E-state index in [0.717, 1.165) is 63.8 Å². The minimum absolute atomic E-state index is 0.0636. The van der Waals surface area contributed by atoms with Crippen LogP contribution in [0.3, 0.4) is 0 Å². The summed E-state index contributed by atoms with van der Waals surface area (Å²) in [5, 5.41) is 9.07. The van der Waals surface area contributed by atoms with Crippen LogP contribution >= 0.6 is 0 Å². The molecule has 0 spiro atoms. The van der Waals surface area contributed by atoms with Crippen molar-refractivity contribution in [2.75, 3.05) is 32.8 Å². The Morgan fingerprint density at radius 3 is 2.25 bits per heavy atom. The Bertz CT molecular complexity index is 965. The van der Waals surface area contributed by atoms with E-state index in [1.54, 1.807) is 4.90 Å². The largest absolute Gasteiger partial charge is 0.493 e. The van der Waals surface area contributed by atoms with E-state index in [1.807, 2.05) is 30.9 Å². The van der Waals surface area contributed by atoms with Crippen LogP contribution < -0.4 is 4.74 Å². The monoisotopic (exact) mass is 493 g/mol. The summed E-state index contributed by atoms with van der Waals surface area (Å²) in [7, 11) is 0. The number of hydrogen-bond donors (Lipinski definition) is 0. The summed E-state index contributed by atoms with van der Waals surface area (Å²) in [5.41, 5.74) is 2.49. The van der Waals surface area contributed by atoms with Crippen LogP contribution in [0.1, 0.15) is 64.4 Å². The highest BCUT2D eigenvalue weighted by molar-refractivity contribution is 5.81. The maximum absolute atomic E-state index is 12.9. The number of likely N-dealkylation sites (tertiary alicyclic amines) is 2. The number of carbonyl (C=O) groups is 2. The molecule has 7 nitrogen and oxygen atoms in total. The Balaban J connectivity index is 1.20. The Labute approximate surface area is 215 Å². The molecule has 1 aliphatic carbocycles. The van der Waals surface area contributed by atoms with Crippen LogP contribution in [0.5, 0.6) is 5.75 Å². The number of nitrogens with zero attached hydrogens (tertiary/aromatic N) is 3. The van der Waals surface area contributed by atoms with Crippen molar-refractivity contribution in [3.8, 4) is 11.8 Å². The van der Waals surface area contributed by atoms with Crippen molar-refractivity contribution >= 4 is 17.6 Å². The van der Waals surface area contributed by atoms with Crippen molar-refractivity contribution in [2.45, 2.75) is 64.9 Å². The van der Waals surface area contributed by atoms with Gasteiger partial charge in [0.25, 0.3) is 0 Å². The summed E-state index contributed by atoms with van der Waals surface area (Å²) in [6.07, 6.45) is 7.95. The first-order chi connectivity index (χ1) is 17.4. The number of hydrogen-bond acceptors (Lipinski definition) is 5.